The van der Waals surface area contributed by atoms with Crippen LogP contribution < -0.4 is 5.73 Å². The molecule has 4 heteroatoms. The molecular weight excluding hydrogens is 202 g/mol. The van der Waals surface area contributed by atoms with Gasteiger partial charge in [-0.3, -0.25) is 4.79 Å². The predicted octanol–water partition coefficient (Wildman–Crippen LogP) is 1.71. The first-order chi connectivity index (χ1) is 6.75. The van der Waals surface area contributed by atoms with Crippen molar-refractivity contribution in [1.82, 2.24) is 0 Å². The highest BCUT2D eigenvalue weighted by molar-refractivity contribution is 6.15. The van der Waals surface area contributed by atoms with Crippen molar-refractivity contribution >= 4 is 17.6 Å². The van der Waals surface area contributed by atoms with Gasteiger partial charge in [0.2, 0.25) is 0 Å². The molecule has 0 aliphatic carbocycles. The number of halogens is 1. The molecule has 0 fully saturated rings. The second-order valence-corrected chi connectivity index (χ2v) is 2.41. The molecule has 78 valence electrons. The first-order valence-electron chi connectivity index (χ1n) is 4.02. The maximum Gasteiger partial charge on any atom is 0.327 e. The van der Waals surface area contributed by atoms with Gasteiger partial charge in [0.1, 0.15) is 6.04 Å². The highest BCUT2D eigenvalue weighted by Crippen LogP contribution is 2.09. The monoisotopic (exact) mass is 215 g/mol. The molecule has 0 radical (unpaired) electrons. The van der Waals surface area contributed by atoms with Gasteiger partial charge in [-0.25, -0.2) is 0 Å². The zero-order valence-electron chi connectivity index (χ0n) is 8.24. The van der Waals surface area contributed by atoms with E-state index in [1.54, 1.807) is 12.1 Å². The Morgan fingerprint density at radius 3 is 2.29 bits per heavy atom. The molecule has 2 N–H and O–H groups in total. The standard InChI is InChI=1S/C9H11NO2.CH3Cl/c1-12-9(11)8(10)7-5-3-2-4-6-7;1-2/h2-6,8H,10H2,1H3;1H3. The Morgan fingerprint density at radius 2 is 1.86 bits per heavy atom. The maximum atomic E-state index is 11.0. The fraction of sp³-hybridized carbons (Fsp3) is 0.300. The number of alkyl halides is 1. The van der Waals surface area contributed by atoms with Crippen molar-refractivity contribution in [3.05, 3.63) is 35.9 Å². The molecule has 0 aliphatic rings. The molecule has 1 aromatic rings. The minimum atomic E-state index is -0.670. The molecule has 1 atom stereocenters. The molecule has 0 bridgehead atoms. The van der Waals surface area contributed by atoms with Gasteiger partial charge in [0.05, 0.1) is 7.11 Å². The van der Waals surface area contributed by atoms with E-state index in [0.29, 0.717) is 0 Å². The average Bonchev–Trinajstić information content (AvgIpc) is 2.31. The lowest BCUT2D eigenvalue weighted by atomic mass is 10.1. The highest BCUT2D eigenvalue weighted by atomic mass is 35.5. The first kappa shape index (κ1) is 12.9. The van der Waals surface area contributed by atoms with Gasteiger partial charge in [0.15, 0.2) is 0 Å². The van der Waals surface area contributed by atoms with Crippen molar-refractivity contribution in [2.45, 2.75) is 6.04 Å². The van der Waals surface area contributed by atoms with Crippen LogP contribution in [0.3, 0.4) is 0 Å². The van der Waals surface area contributed by atoms with Crippen LogP contribution in [0.25, 0.3) is 0 Å². The third kappa shape index (κ3) is 3.77. The molecule has 3 nitrogen and oxygen atoms in total. The number of hydrogen-bond donors (Lipinski definition) is 1. The molecule has 1 unspecified atom stereocenters. The van der Waals surface area contributed by atoms with E-state index in [9.17, 15) is 4.79 Å². The zero-order chi connectivity index (χ0) is 11.0. The van der Waals surface area contributed by atoms with Gasteiger partial charge in [0, 0.05) is 6.38 Å². The van der Waals surface area contributed by atoms with Gasteiger partial charge < -0.3 is 10.5 Å². The van der Waals surface area contributed by atoms with E-state index in [-0.39, 0.29) is 0 Å². The van der Waals surface area contributed by atoms with Gasteiger partial charge >= 0.3 is 5.97 Å². The second kappa shape index (κ2) is 7.35. The molecule has 1 aromatic carbocycles. The average molecular weight is 216 g/mol. The SMILES string of the molecule is CCl.COC(=O)C(N)c1ccccc1. The van der Waals surface area contributed by atoms with Gasteiger partial charge in [0.25, 0.3) is 0 Å². The fourth-order valence-corrected chi connectivity index (χ4v) is 0.923. The molecule has 0 saturated carbocycles. The van der Waals surface area contributed by atoms with Crippen LogP contribution in [-0.2, 0) is 9.53 Å². The van der Waals surface area contributed by atoms with E-state index >= 15 is 0 Å². The van der Waals surface area contributed by atoms with Crippen molar-refractivity contribution in [3.8, 4) is 0 Å². The van der Waals surface area contributed by atoms with E-state index in [4.69, 9.17) is 5.73 Å². The summed E-state index contributed by atoms with van der Waals surface area (Å²) in [5.41, 5.74) is 6.34. The van der Waals surface area contributed by atoms with Crippen molar-refractivity contribution < 1.29 is 9.53 Å². The molecule has 1 rings (SSSR count). The van der Waals surface area contributed by atoms with Gasteiger partial charge in [-0.05, 0) is 5.56 Å². The van der Waals surface area contributed by atoms with Crippen LogP contribution >= 0.6 is 11.6 Å². The molecule has 0 heterocycles. The maximum absolute atomic E-state index is 11.0. The van der Waals surface area contributed by atoms with Crippen LogP contribution in [0.15, 0.2) is 30.3 Å². The van der Waals surface area contributed by atoms with Crippen LogP contribution in [0.1, 0.15) is 11.6 Å². The van der Waals surface area contributed by atoms with Crippen LogP contribution in [0, 0.1) is 0 Å². The lowest BCUT2D eigenvalue weighted by Crippen LogP contribution is -2.22. The van der Waals surface area contributed by atoms with E-state index in [2.05, 4.69) is 16.3 Å². The van der Waals surface area contributed by atoms with Crippen molar-refractivity contribution in [2.24, 2.45) is 5.73 Å². The summed E-state index contributed by atoms with van der Waals surface area (Å²) in [7, 11) is 1.32. The number of hydrogen-bond acceptors (Lipinski definition) is 3. The van der Waals surface area contributed by atoms with Crippen LogP contribution in [0.2, 0.25) is 0 Å². The summed E-state index contributed by atoms with van der Waals surface area (Å²) in [6.45, 7) is 0. The number of nitrogens with two attached hydrogens (primary N) is 1. The minimum Gasteiger partial charge on any atom is -0.468 e. The highest BCUT2D eigenvalue weighted by Gasteiger charge is 2.14. The number of carbonyl (C=O) groups is 1. The molecule has 0 amide bonds. The summed E-state index contributed by atoms with van der Waals surface area (Å²) in [4.78, 5) is 11.0. The van der Waals surface area contributed by atoms with Crippen molar-refractivity contribution in [3.63, 3.8) is 0 Å². The van der Waals surface area contributed by atoms with Crippen LogP contribution in [0.4, 0.5) is 0 Å². The Kier molecular flexibility index (Phi) is 6.80. The largest absolute Gasteiger partial charge is 0.468 e. The first-order valence-corrected chi connectivity index (χ1v) is 4.77. The molecule has 0 spiro atoms. The molecule has 0 aromatic heterocycles. The molecule has 0 aliphatic heterocycles. The van der Waals surface area contributed by atoms with Crippen LogP contribution in [-0.4, -0.2) is 19.5 Å². The fourth-order valence-electron chi connectivity index (χ4n) is 0.923. The second-order valence-electron chi connectivity index (χ2n) is 2.41. The zero-order valence-corrected chi connectivity index (χ0v) is 8.99. The summed E-state index contributed by atoms with van der Waals surface area (Å²) < 4.78 is 4.50. The molecule has 0 saturated heterocycles. The van der Waals surface area contributed by atoms with Gasteiger partial charge in [-0.1, -0.05) is 30.3 Å². The lowest BCUT2D eigenvalue weighted by molar-refractivity contribution is -0.142. The smallest absolute Gasteiger partial charge is 0.327 e. The van der Waals surface area contributed by atoms with E-state index in [0.717, 1.165) is 5.56 Å². The quantitative estimate of drug-likeness (QED) is 0.604. The normalized spacial score (nSPS) is 10.9. The number of esters is 1. The summed E-state index contributed by atoms with van der Waals surface area (Å²) >= 11 is 4.64. The third-order valence-electron chi connectivity index (χ3n) is 1.61. The Balaban J connectivity index is 0.000000791. The molecular formula is C10H14ClNO2. The number of rotatable bonds is 2. The topological polar surface area (TPSA) is 52.3 Å². The van der Waals surface area contributed by atoms with Crippen molar-refractivity contribution in [1.29, 1.82) is 0 Å². The number of ether oxygens (including phenoxy) is 1. The number of benzene rings is 1. The summed E-state index contributed by atoms with van der Waals surface area (Å²) in [5, 5.41) is 0. The van der Waals surface area contributed by atoms with Gasteiger partial charge in [-0.15, -0.1) is 11.6 Å². The number of carbonyl (C=O) groups excluding carboxylic acids is 1. The minimum absolute atomic E-state index is 0.416. The Hall–Kier alpha value is -1.06. The van der Waals surface area contributed by atoms with E-state index in [1.165, 1.54) is 13.5 Å². The van der Waals surface area contributed by atoms with Gasteiger partial charge in [-0.2, -0.15) is 0 Å². The predicted molar refractivity (Wildman–Crippen MR) is 57.2 cm³/mol. The summed E-state index contributed by atoms with van der Waals surface area (Å²) in [5.74, 6) is -0.416. The summed E-state index contributed by atoms with van der Waals surface area (Å²) in [6, 6.07) is 8.45. The van der Waals surface area contributed by atoms with E-state index in [1.807, 2.05) is 18.2 Å². The van der Waals surface area contributed by atoms with E-state index < -0.39 is 12.0 Å². The van der Waals surface area contributed by atoms with Crippen LogP contribution in [0.5, 0.6) is 0 Å². The Labute approximate surface area is 88.8 Å². The number of methoxy groups -OCH3 is 1. The van der Waals surface area contributed by atoms with Crippen molar-refractivity contribution in [2.75, 3.05) is 13.5 Å². The third-order valence-corrected chi connectivity index (χ3v) is 1.61. The molecule has 14 heavy (non-hydrogen) atoms. The summed E-state index contributed by atoms with van der Waals surface area (Å²) in [6.07, 6.45) is 1.47. The Bertz CT molecular complexity index is 264. The Morgan fingerprint density at radius 1 is 1.36 bits per heavy atom. The lowest BCUT2D eigenvalue weighted by Gasteiger charge is -2.08.